The van der Waals surface area contributed by atoms with Crippen LogP contribution in [0.15, 0.2) is 47.4 Å². The Morgan fingerprint density at radius 3 is 2.32 bits per heavy atom. The van der Waals surface area contributed by atoms with Crippen LogP contribution in [0.25, 0.3) is 6.08 Å². The number of hydrogen-bond acceptors (Lipinski definition) is 5. The molecule has 1 heterocycles. The van der Waals surface area contributed by atoms with Crippen molar-refractivity contribution >= 4 is 29.0 Å². The molecule has 1 aliphatic heterocycles. The van der Waals surface area contributed by atoms with Crippen LogP contribution in [0.1, 0.15) is 30.5 Å². The van der Waals surface area contributed by atoms with Crippen molar-refractivity contribution < 1.29 is 19.1 Å². The van der Waals surface area contributed by atoms with Crippen molar-refractivity contribution in [1.82, 2.24) is 4.90 Å². The SMILES string of the molecule is CCOc1ccc(/C=C2\SC(=O)N(Cc3ccc(C)cc3)C2=O)cc1OCC. The maximum Gasteiger partial charge on any atom is 0.293 e. The molecule has 2 aromatic carbocycles. The van der Waals surface area contributed by atoms with Gasteiger partial charge in [-0.3, -0.25) is 14.5 Å². The van der Waals surface area contributed by atoms with Crippen LogP contribution in [0.4, 0.5) is 4.79 Å². The van der Waals surface area contributed by atoms with Gasteiger partial charge in [0.1, 0.15) is 0 Å². The van der Waals surface area contributed by atoms with E-state index in [1.54, 1.807) is 6.08 Å². The van der Waals surface area contributed by atoms with Gasteiger partial charge in [-0.25, -0.2) is 0 Å². The minimum atomic E-state index is -0.276. The van der Waals surface area contributed by atoms with Crippen LogP contribution in [0, 0.1) is 6.92 Å². The Labute approximate surface area is 169 Å². The van der Waals surface area contributed by atoms with Crippen molar-refractivity contribution in [2.24, 2.45) is 0 Å². The van der Waals surface area contributed by atoms with E-state index in [2.05, 4.69) is 0 Å². The first kappa shape index (κ1) is 20.0. The molecule has 0 unspecified atom stereocenters. The predicted molar refractivity (Wildman–Crippen MR) is 111 cm³/mol. The molecule has 0 atom stereocenters. The molecule has 28 heavy (non-hydrogen) atoms. The molecular weight excluding hydrogens is 374 g/mol. The third-order valence-electron chi connectivity index (χ3n) is 4.20. The fourth-order valence-electron chi connectivity index (χ4n) is 2.82. The molecule has 3 rings (SSSR count). The molecule has 0 spiro atoms. The normalized spacial score (nSPS) is 15.4. The number of amides is 2. The number of nitrogens with zero attached hydrogens (tertiary/aromatic N) is 1. The summed E-state index contributed by atoms with van der Waals surface area (Å²) in [6, 6.07) is 13.3. The van der Waals surface area contributed by atoms with Crippen molar-refractivity contribution in [2.45, 2.75) is 27.3 Å². The number of rotatable bonds is 7. The number of carbonyl (C=O) groups excluding carboxylic acids is 2. The number of imide groups is 1. The van der Waals surface area contributed by atoms with Crippen molar-refractivity contribution in [1.29, 1.82) is 0 Å². The van der Waals surface area contributed by atoms with Crippen molar-refractivity contribution in [3.05, 3.63) is 64.1 Å². The second-order valence-corrected chi connectivity index (χ2v) is 7.32. The van der Waals surface area contributed by atoms with E-state index < -0.39 is 0 Å². The molecule has 146 valence electrons. The molecule has 0 radical (unpaired) electrons. The molecular formula is C22H23NO4S. The maximum absolute atomic E-state index is 12.7. The topological polar surface area (TPSA) is 55.8 Å². The standard InChI is InChI=1S/C22H23NO4S/c1-4-26-18-11-10-17(12-19(18)27-5-2)13-20-21(24)23(22(25)28-20)14-16-8-6-15(3)7-9-16/h6-13H,4-5,14H2,1-3H3/b20-13-. The zero-order valence-corrected chi connectivity index (χ0v) is 17.0. The number of benzene rings is 2. The van der Waals surface area contributed by atoms with Gasteiger partial charge in [0.15, 0.2) is 11.5 Å². The van der Waals surface area contributed by atoms with Gasteiger partial charge >= 0.3 is 0 Å². The highest BCUT2D eigenvalue weighted by Crippen LogP contribution is 2.35. The first-order chi connectivity index (χ1) is 13.5. The molecule has 0 N–H and O–H groups in total. The van der Waals surface area contributed by atoms with Gasteiger partial charge in [0, 0.05) is 0 Å². The monoisotopic (exact) mass is 397 g/mol. The van der Waals surface area contributed by atoms with Crippen LogP contribution in [0.3, 0.4) is 0 Å². The molecule has 2 aromatic rings. The minimum Gasteiger partial charge on any atom is -0.490 e. The van der Waals surface area contributed by atoms with E-state index in [-0.39, 0.29) is 17.7 Å². The van der Waals surface area contributed by atoms with Crippen LogP contribution in [-0.4, -0.2) is 29.3 Å². The van der Waals surface area contributed by atoms with Crippen LogP contribution in [0.5, 0.6) is 11.5 Å². The minimum absolute atomic E-state index is 0.257. The Hall–Kier alpha value is -2.73. The van der Waals surface area contributed by atoms with E-state index >= 15 is 0 Å². The first-order valence-corrected chi connectivity index (χ1v) is 10.0. The van der Waals surface area contributed by atoms with Gasteiger partial charge in [-0.1, -0.05) is 35.9 Å². The number of aryl methyl sites for hydroxylation is 1. The Balaban J connectivity index is 1.81. The number of thioether (sulfide) groups is 1. The lowest BCUT2D eigenvalue weighted by Gasteiger charge is -2.12. The molecule has 5 nitrogen and oxygen atoms in total. The van der Waals surface area contributed by atoms with Gasteiger partial charge in [-0.05, 0) is 61.9 Å². The second-order valence-electron chi connectivity index (χ2n) is 6.33. The molecule has 2 amide bonds. The van der Waals surface area contributed by atoms with Gasteiger partial charge in [0.2, 0.25) is 0 Å². The van der Waals surface area contributed by atoms with E-state index in [1.165, 1.54) is 4.90 Å². The van der Waals surface area contributed by atoms with E-state index in [9.17, 15) is 9.59 Å². The van der Waals surface area contributed by atoms with Gasteiger partial charge in [0.25, 0.3) is 11.1 Å². The first-order valence-electron chi connectivity index (χ1n) is 9.22. The van der Waals surface area contributed by atoms with Crippen LogP contribution in [-0.2, 0) is 11.3 Å². The summed E-state index contributed by atoms with van der Waals surface area (Å²) in [4.78, 5) is 26.8. The average molecular weight is 397 g/mol. The van der Waals surface area contributed by atoms with Gasteiger partial charge in [-0.15, -0.1) is 0 Å². The van der Waals surface area contributed by atoms with E-state index in [4.69, 9.17) is 9.47 Å². The fourth-order valence-corrected chi connectivity index (χ4v) is 3.66. The Bertz CT molecular complexity index is 905. The Morgan fingerprint density at radius 2 is 1.64 bits per heavy atom. The number of carbonyl (C=O) groups is 2. The third-order valence-corrected chi connectivity index (χ3v) is 5.11. The predicted octanol–water partition coefficient (Wildman–Crippen LogP) is 5.03. The lowest BCUT2D eigenvalue weighted by molar-refractivity contribution is -0.123. The van der Waals surface area contributed by atoms with E-state index in [1.807, 2.05) is 63.2 Å². The van der Waals surface area contributed by atoms with Gasteiger partial charge in [-0.2, -0.15) is 0 Å². The van der Waals surface area contributed by atoms with Crippen LogP contribution < -0.4 is 9.47 Å². The summed E-state index contributed by atoms with van der Waals surface area (Å²) in [6.07, 6.45) is 1.72. The van der Waals surface area contributed by atoms with Gasteiger partial charge in [0.05, 0.1) is 24.7 Å². The highest BCUT2D eigenvalue weighted by Gasteiger charge is 2.35. The summed E-state index contributed by atoms with van der Waals surface area (Å²) < 4.78 is 11.2. The quantitative estimate of drug-likeness (QED) is 0.614. The van der Waals surface area contributed by atoms with E-state index in [0.29, 0.717) is 29.6 Å². The van der Waals surface area contributed by atoms with Crippen molar-refractivity contribution in [3.63, 3.8) is 0 Å². The summed E-state index contributed by atoms with van der Waals surface area (Å²) in [5, 5.41) is -0.257. The molecule has 0 saturated carbocycles. The number of ether oxygens (including phenoxy) is 2. The van der Waals surface area contributed by atoms with Gasteiger partial charge < -0.3 is 9.47 Å². The van der Waals surface area contributed by atoms with Crippen LogP contribution >= 0.6 is 11.8 Å². The summed E-state index contributed by atoms with van der Waals surface area (Å²) in [5.41, 5.74) is 2.85. The molecule has 0 aromatic heterocycles. The zero-order valence-electron chi connectivity index (χ0n) is 16.2. The lowest BCUT2D eigenvalue weighted by Crippen LogP contribution is -2.27. The largest absolute Gasteiger partial charge is 0.490 e. The molecule has 0 bridgehead atoms. The lowest BCUT2D eigenvalue weighted by atomic mass is 10.1. The Morgan fingerprint density at radius 1 is 0.964 bits per heavy atom. The summed E-state index contributed by atoms with van der Waals surface area (Å²) >= 11 is 0.959. The Kier molecular flexibility index (Phi) is 6.41. The van der Waals surface area contributed by atoms with Crippen molar-refractivity contribution in [3.8, 4) is 11.5 Å². The van der Waals surface area contributed by atoms with Crippen LogP contribution in [0.2, 0.25) is 0 Å². The smallest absolute Gasteiger partial charge is 0.293 e. The maximum atomic E-state index is 12.7. The summed E-state index contributed by atoms with van der Waals surface area (Å²) in [7, 11) is 0. The average Bonchev–Trinajstić information content (AvgIpc) is 2.93. The summed E-state index contributed by atoms with van der Waals surface area (Å²) in [5.74, 6) is 1.01. The number of hydrogen-bond donors (Lipinski definition) is 0. The summed E-state index contributed by atoms with van der Waals surface area (Å²) in [6.45, 7) is 7.14. The zero-order chi connectivity index (χ0) is 20.1. The molecule has 1 fully saturated rings. The molecule has 1 saturated heterocycles. The highest BCUT2D eigenvalue weighted by molar-refractivity contribution is 8.18. The molecule has 0 aliphatic carbocycles. The molecule has 1 aliphatic rings. The fraction of sp³-hybridized carbons (Fsp3) is 0.273. The van der Waals surface area contributed by atoms with Crippen molar-refractivity contribution in [2.75, 3.05) is 13.2 Å². The second kappa shape index (κ2) is 8.97. The van der Waals surface area contributed by atoms with E-state index in [0.717, 1.165) is 28.5 Å². The highest BCUT2D eigenvalue weighted by atomic mass is 32.2. The third kappa shape index (κ3) is 4.57. The molecule has 6 heteroatoms.